The van der Waals surface area contributed by atoms with E-state index in [0.29, 0.717) is 6.54 Å². The normalized spacial score (nSPS) is 12.3. The molecule has 2 heterocycles. The number of carbonyl (C=O) groups excluding carboxylic acids is 1. The van der Waals surface area contributed by atoms with Gasteiger partial charge in [-0.05, 0) is 31.6 Å². The summed E-state index contributed by atoms with van der Waals surface area (Å²) in [7, 11) is 3.85. The Kier molecular flexibility index (Phi) is 4.71. The first kappa shape index (κ1) is 15.2. The zero-order valence-electron chi connectivity index (χ0n) is 11.6. The second-order valence-electron chi connectivity index (χ2n) is 4.60. The predicted octanol–water partition coefficient (Wildman–Crippen LogP) is 2.28. The van der Waals surface area contributed by atoms with Crippen molar-refractivity contribution in [2.45, 2.75) is 6.04 Å². The molecule has 1 atom stereocenters. The Hall–Kier alpha value is -2.19. The number of nitrogens with one attached hydrogen (secondary N) is 1. The van der Waals surface area contributed by atoms with Crippen LogP contribution in [0.2, 0.25) is 0 Å². The van der Waals surface area contributed by atoms with Crippen LogP contribution in [0.25, 0.3) is 0 Å². The highest BCUT2D eigenvalue weighted by atomic mass is 32.1. The van der Waals surface area contributed by atoms with Crippen LogP contribution in [-0.4, -0.2) is 36.4 Å². The van der Waals surface area contributed by atoms with E-state index in [-0.39, 0.29) is 11.8 Å². The summed E-state index contributed by atoms with van der Waals surface area (Å²) in [4.78, 5) is 24.9. The summed E-state index contributed by atoms with van der Waals surface area (Å²) in [5.74, 6) is -0.973. The number of hydrogen-bond acceptors (Lipinski definition) is 6. The summed E-state index contributed by atoms with van der Waals surface area (Å²) in [6, 6.07) is 6.45. The van der Waals surface area contributed by atoms with Gasteiger partial charge in [-0.1, -0.05) is 6.07 Å². The number of thiophene rings is 1. The molecule has 1 N–H and O–H groups in total. The highest BCUT2D eigenvalue weighted by molar-refractivity contribution is 7.10. The minimum atomic E-state index is -0.676. The summed E-state index contributed by atoms with van der Waals surface area (Å²) >= 11 is 1.61. The second-order valence-corrected chi connectivity index (χ2v) is 5.58. The molecular weight excluding hydrogens is 294 g/mol. The van der Waals surface area contributed by atoms with Crippen molar-refractivity contribution in [3.05, 3.63) is 50.4 Å². The third-order valence-corrected chi connectivity index (χ3v) is 3.92. The van der Waals surface area contributed by atoms with Crippen LogP contribution in [0, 0.1) is 10.1 Å². The second kappa shape index (κ2) is 6.51. The van der Waals surface area contributed by atoms with Gasteiger partial charge in [0.1, 0.15) is 4.92 Å². The lowest BCUT2D eigenvalue weighted by molar-refractivity contribution is -0.402. The molecule has 2 aromatic heterocycles. The first-order chi connectivity index (χ1) is 9.99. The first-order valence-electron chi connectivity index (χ1n) is 6.21. The minimum Gasteiger partial charge on any atom is -0.395 e. The average molecular weight is 309 g/mol. The summed E-state index contributed by atoms with van der Waals surface area (Å²) < 4.78 is 4.87. The van der Waals surface area contributed by atoms with Crippen LogP contribution in [0.4, 0.5) is 5.88 Å². The van der Waals surface area contributed by atoms with E-state index in [0.717, 1.165) is 10.9 Å². The number of nitro groups is 1. The molecule has 0 aromatic carbocycles. The average Bonchev–Trinajstić information content (AvgIpc) is 3.09. The van der Waals surface area contributed by atoms with Crippen molar-refractivity contribution in [1.29, 1.82) is 0 Å². The molecule has 7 nitrogen and oxygen atoms in total. The molecule has 0 fully saturated rings. The molecule has 0 radical (unpaired) electrons. The van der Waals surface area contributed by atoms with Crippen molar-refractivity contribution in [3.8, 4) is 0 Å². The number of rotatable bonds is 6. The van der Waals surface area contributed by atoms with Gasteiger partial charge in [-0.25, -0.2) is 0 Å². The van der Waals surface area contributed by atoms with Gasteiger partial charge in [0, 0.05) is 11.4 Å². The van der Waals surface area contributed by atoms with E-state index in [9.17, 15) is 14.9 Å². The fraction of sp³-hybridized carbons (Fsp3) is 0.308. The molecule has 21 heavy (non-hydrogen) atoms. The van der Waals surface area contributed by atoms with Crippen molar-refractivity contribution in [2.24, 2.45) is 0 Å². The smallest absolute Gasteiger partial charge is 0.395 e. The fourth-order valence-electron chi connectivity index (χ4n) is 1.84. The predicted molar refractivity (Wildman–Crippen MR) is 78.4 cm³/mol. The lowest BCUT2D eigenvalue weighted by Crippen LogP contribution is -2.34. The highest BCUT2D eigenvalue weighted by Gasteiger charge is 2.20. The van der Waals surface area contributed by atoms with Crippen LogP contribution >= 0.6 is 11.3 Å². The minimum absolute atomic E-state index is 0.0406. The number of furan rings is 1. The molecule has 0 spiro atoms. The molecule has 112 valence electrons. The number of carbonyl (C=O) groups is 1. The van der Waals surface area contributed by atoms with Crippen LogP contribution in [-0.2, 0) is 0 Å². The Morgan fingerprint density at radius 3 is 2.76 bits per heavy atom. The molecule has 1 amide bonds. The molecule has 1 unspecified atom stereocenters. The Labute approximate surface area is 125 Å². The molecule has 0 aliphatic heterocycles. The maximum atomic E-state index is 11.9. The largest absolute Gasteiger partial charge is 0.433 e. The quantitative estimate of drug-likeness (QED) is 0.653. The lowest BCUT2D eigenvalue weighted by atomic mass is 10.2. The van der Waals surface area contributed by atoms with Crippen molar-refractivity contribution >= 4 is 23.1 Å². The van der Waals surface area contributed by atoms with E-state index in [2.05, 4.69) is 5.32 Å². The molecular formula is C13H15N3O4S. The monoisotopic (exact) mass is 309 g/mol. The van der Waals surface area contributed by atoms with Crippen LogP contribution in [0.15, 0.2) is 34.1 Å². The maximum Gasteiger partial charge on any atom is 0.433 e. The van der Waals surface area contributed by atoms with Crippen LogP contribution in [0.3, 0.4) is 0 Å². The van der Waals surface area contributed by atoms with Crippen LogP contribution < -0.4 is 5.32 Å². The summed E-state index contributed by atoms with van der Waals surface area (Å²) in [6.07, 6.45) is 0. The molecule has 0 aliphatic rings. The van der Waals surface area contributed by atoms with Crippen molar-refractivity contribution < 1.29 is 14.1 Å². The number of hydrogen-bond donors (Lipinski definition) is 1. The third-order valence-electron chi connectivity index (χ3n) is 2.95. The van der Waals surface area contributed by atoms with E-state index >= 15 is 0 Å². The Morgan fingerprint density at radius 1 is 1.48 bits per heavy atom. The van der Waals surface area contributed by atoms with E-state index in [4.69, 9.17) is 4.42 Å². The standard InChI is InChI=1S/C13H15N3O4S/c1-15(2)9(11-4-3-7-21-11)8-14-13(17)10-5-6-12(20-10)16(18)19/h3-7,9H,8H2,1-2H3,(H,14,17). The van der Waals surface area contributed by atoms with Gasteiger partial charge >= 0.3 is 5.88 Å². The summed E-state index contributed by atoms with van der Waals surface area (Å²) in [5.41, 5.74) is 0. The maximum absolute atomic E-state index is 11.9. The molecule has 0 bridgehead atoms. The molecule has 0 saturated heterocycles. The highest BCUT2D eigenvalue weighted by Crippen LogP contribution is 2.22. The van der Waals surface area contributed by atoms with Crippen molar-refractivity contribution in [3.63, 3.8) is 0 Å². The van der Waals surface area contributed by atoms with E-state index in [1.807, 2.05) is 36.5 Å². The number of nitrogens with zero attached hydrogens (tertiary/aromatic N) is 2. The number of likely N-dealkylation sites (N-methyl/N-ethyl adjacent to an activating group) is 1. The van der Waals surface area contributed by atoms with Crippen molar-refractivity contribution in [1.82, 2.24) is 10.2 Å². The zero-order valence-corrected chi connectivity index (χ0v) is 12.4. The molecule has 8 heteroatoms. The van der Waals surface area contributed by atoms with E-state index in [1.54, 1.807) is 11.3 Å². The van der Waals surface area contributed by atoms with Crippen LogP contribution in [0.1, 0.15) is 21.5 Å². The summed E-state index contributed by atoms with van der Waals surface area (Å²) in [5, 5.41) is 15.2. The fourth-order valence-corrected chi connectivity index (χ4v) is 2.77. The molecule has 0 saturated carbocycles. The van der Waals surface area contributed by atoms with Gasteiger partial charge in [0.15, 0.2) is 5.76 Å². The van der Waals surface area contributed by atoms with Gasteiger partial charge in [0.2, 0.25) is 0 Å². The lowest BCUT2D eigenvalue weighted by Gasteiger charge is -2.23. The first-order valence-corrected chi connectivity index (χ1v) is 7.09. The zero-order chi connectivity index (χ0) is 15.4. The summed E-state index contributed by atoms with van der Waals surface area (Å²) in [6.45, 7) is 0.390. The molecule has 2 rings (SSSR count). The third kappa shape index (κ3) is 3.67. The SMILES string of the molecule is CN(C)C(CNC(=O)c1ccc([N+](=O)[O-])o1)c1cccs1. The molecule has 0 aliphatic carbocycles. The van der Waals surface area contributed by atoms with E-state index in [1.165, 1.54) is 6.07 Å². The molecule has 2 aromatic rings. The van der Waals surface area contributed by atoms with Gasteiger partial charge in [-0.15, -0.1) is 11.3 Å². The van der Waals surface area contributed by atoms with Gasteiger partial charge in [0.25, 0.3) is 5.91 Å². The Morgan fingerprint density at radius 2 is 2.24 bits per heavy atom. The van der Waals surface area contributed by atoms with Crippen LogP contribution in [0.5, 0.6) is 0 Å². The van der Waals surface area contributed by atoms with Gasteiger partial charge < -0.3 is 14.6 Å². The van der Waals surface area contributed by atoms with Gasteiger partial charge in [-0.2, -0.15) is 0 Å². The van der Waals surface area contributed by atoms with Gasteiger partial charge in [-0.3, -0.25) is 14.9 Å². The Balaban J connectivity index is 2.00. The Bertz CT molecular complexity index is 621. The number of amides is 1. The van der Waals surface area contributed by atoms with Gasteiger partial charge in [0.05, 0.1) is 12.1 Å². The van der Waals surface area contributed by atoms with E-state index < -0.39 is 16.7 Å². The van der Waals surface area contributed by atoms with Crippen molar-refractivity contribution in [2.75, 3.05) is 20.6 Å². The topological polar surface area (TPSA) is 88.6 Å².